The summed E-state index contributed by atoms with van der Waals surface area (Å²) < 4.78 is 0. The van der Waals surface area contributed by atoms with E-state index < -0.39 is 0 Å². The van der Waals surface area contributed by atoms with Crippen molar-refractivity contribution < 1.29 is 9.59 Å². The van der Waals surface area contributed by atoms with Crippen molar-refractivity contribution in [1.29, 1.82) is 0 Å². The SMILES string of the molecule is C[C@]12C=CC(=O)C=C1CC[C@@H]1[C@@H]2CC[C@@]2(C)C(=O)CC[C@@H]12. The van der Waals surface area contributed by atoms with Crippen molar-refractivity contribution in [2.75, 3.05) is 0 Å². The van der Waals surface area contributed by atoms with Crippen molar-refractivity contribution in [2.24, 2.45) is 28.6 Å². The van der Waals surface area contributed by atoms with E-state index in [0.717, 1.165) is 32.1 Å². The van der Waals surface area contributed by atoms with Gasteiger partial charge in [0.2, 0.25) is 0 Å². The van der Waals surface area contributed by atoms with Gasteiger partial charge in [0, 0.05) is 17.3 Å². The fourth-order valence-electron chi connectivity index (χ4n) is 5.97. The number of ketones is 2. The topological polar surface area (TPSA) is 34.1 Å². The van der Waals surface area contributed by atoms with Gasteiger partial charge in [0.15, 0.2) is 5.78 Å². The van der Waals surface area contributed by atoms with E-state index in [2.05, 4.69) is 19.9 Å². The Hall–Kier alpha value is -1.18. The average Bonchev–Trinajstić information content (AvgIpc) is 2.76. The van der Waals surface area contributed by atoms with Crippen LogP contribution in [0.1, 0.15) is 52.4 Å². The number of hydrogen-bond donors (Lipinski definition) is 0. The molecule has 3 fully saturated rings. The predicted octanol–water partition coefficient (Wildman–Crippen LogP) is 3.86. The lowest BCUT2D eigenvalue weighted by molar-refractivity contribution is -0.131. The average molecular weight is 284 g/mol. The number of carbonyl (C=O) groups excluding carboxylic acids is 2. The summed E-state index contributed by atoms with van der Waals surface area (Å²) in [7, 11) is 0. The van der Waals surface area contributed by atoms with Crippen LogP contribution in [0.4, 0.5) is 0 Å². The third-order valence-corrected chi connectivity index (χ3v) is 7.27. The van der Waals surface area contributed by atoms with Crippen LogP contribution in [0.2, 0.25) is 0 Å². The van der Waals surface area contributed by atoms with Crippen LogP contribution >= 0.6 is 0 Å². The zero-order valence-corrected chi connectivity index (χ0v) is 13.0. The molecule has 2 nitrogen and oxygen atoms in total. The van der Waals surface area contributed by atoms with E-state index >= 15 is 0 Å². The van der Waals surface area contributed by atoms with Gasteiger partial charge < -0.3 is 0 Å². The van der Waals surface area contributed by atoms with E-state index in [1.54, 1.807) is 6.08 Å². The summed E-state index contributed by atoms with van der Waals surface area (Å²) in [5.41, 5.74) is 1.35. The first-order valence-corrected chi connectivity index (χ1v) is 8.43. The molecular weight excluding hydrogens is 260 g/mol. The molecule has 0 saturated heterocycles. The van der Waals surface area contributed by atoms with Crippen LogP contribution in [0.5, 0.6) is 0 Å². The summed E-state index contributed by atoms with van der Waals surface area (Å²) >= 11 is 0. The highest BCUT2D eigenvalue weighted by atomic mass is 16.1. The Morgan fingerprint density at radius 3 is 2.67 bits per heavy atom. The van der Waals surface area contributed by atoms with Gasteiger partial charge in [0.25, 0.3) is 0 Å². The first-order chi connectivity index (χ1) is 9.95. The Labute approximate surface area is 126 Å². The van der Waals surface area contributed by atoms with Crippen molar-refractivity contribution in [3.8, 4) is 0 Å². The lowest BCUT2D eigenvalue weighted by Gasteiger charge is -2.55. The minimum absolute atomic E-state index is 0.0487. The lowest BCUT2D eigenvalue weighted by Crippen LogP contribution is -2.49. The van der Waals surface area contributed by atoms with E-state index in [1.165, 1.54) is 12.0 Å². The number of carbonyl (C=O) groups is 2. The molecule has 0 aromatic carbocycles. The van der Waals surface area contributed by atoms with Gasteiger partial charge in [0.05, 0.1) is 0 Å². The molecule has 4 rings (SSSR count). The van der Waals surface area contributed by atoms with Gasteiger partial charge in [-0.2, -0.15) is 0 Å². The van der Waals surface area contributed by atoms with Gasteiger partial charge in [-0.1, -0.05) is 25.5 Å². The minimum atomic E-state index is -0.0487. The summed E-state index contributed by atoms with van der Waals surface area (Å²) in [4.78, 5) is 24.0. The molecule has 0 N–H and O–H groups in total. The maximum absolute atomic E-state index is 12.3. The van der Waals surface area contributed by atoms with Crippen LogP contribution in [-0.4, -0.2) is 11.6 Å². The fraction of sp³-hybridized carbons (Fsp3) is 0.684. The van der Waals surface area contributed by atoms with Crippen molar-refractivity contribution in [2.45, 2.75) is 52.4 Å². The van der Waals surface area contributed by atoms with Gasteiger partial charge in [0.1, 0.15) is 5.78 Å². The second-order valence-electron chi connectivity index (χ2n) is 8.02. The Bertz CT molecular complexity index is 584. The summed E-state index contributed by atoms with van der Waals surface area (Å²) in [5.74, 6) is 2.51. The fourth-order valence-corrected chi connectivity index (χ4v) is 5.97. The summed E-state index contributed by atoms with van der Waals surface area (Å²) in [6.07, 6.45) is 12.1. The largest absolute Gasteiger partial charge is 0.299 e. The smallest absolute Gasteiger partial charge is 0.178 e. The molecule has 0 heterocycles. The number of allylic oxidation sites excluding steroid dienone is 4. The molecule has 0 bridgehead atoms. The highest BCUT2D eigenvalue weighted by Gasteiger charge is 2.58. The third kappa shape index (κ3) is 1.65. The van der Waals surface area contributed by atoms with Crippen LogP contribution in [-0.2, 0) is 9.59 Å². The molecule has 112 valence electrons. The van der Waals surface area contributed by atoms with Gasteiger partial charge in [-0.05, 0) is 62.0 Å². The number of rotatable bonds is 0. The molecule has 0 spiro atoms. The summed E-state index contributed by atoms with van der Waals surface area (Å²) in [6.45, 7) is 4.54. The highest BCUT2D eigenvalue weighted by Crippen LogP contribution is 2.63. The number of fused-ring (bicyclic) bond motifs is 5. The standard InChI is InChI=1S/C19H24O2/c1-18-9-7-13(20)11-12(18)3-4-14-15-5-6-17(21)19(15,2)10-8-16(14)18/h7,9,11,14-16H,3-6,8,10H2,1-2H3/t14-,15-,16-,18-,19+/m0/s1. The predicted molar refractivity (Wildman–Crippen MR) is 81.6 cm³/mol. The third-order valence-electron chi connectivity index (χ3n) is 7.27. The van der Waals surface area contributed by atoms with Crippen molar-refractivity contribution in [1.82, 2.24) is 0 Å². The molecule has 4 aliphatic carbocycles. The maximum atomic E-state index is 12.3. The highest BCUT2D eigenvalue weighted by molar-refractivity contribution is 6.01. The van der Waals surface area contributed by atoms with Gasteiger partial charge in [-0.15, -0.1) is 0 Å². The van der Waals surface area contributed by atoms with Gasteiger partial charge in [-0.3, -0.25) is 9.59 Å². The molecule has 3 saturated carbocycles. The van der Waals surface area contributed by atoms with E-state index in [1.807, 2.05) is 6.08 Å². The maximum Gasteiger partial charge on any atom is 0.178 e. The molecule has 0 aromatic heterocycles. The van der Waals surface area contributed by atoms with Crippen molar-refractivity contribution >= 4 is 11.6 Å². The first kappa shape index (κ1) is 13.5. The molecule has 0 aliphatic heterocycles. The zero-order chi connectivity index (χ0) is 14.8. The molecule has 0 aromatic rings. The lowest BCUT2D eigenvalue weighted by atomic mass is 9.48. The van der Waals surface area contributed by atoms with Crippen molar-refractivity contribution in [3.05, 3.63) is 23.8 Å². The van der Waals surface area contributed by atoms with E-state index in [4.69, 9.17) is 0 Å². The summed E-state index contributed by atoms with van der Waals surface area (Å²) in [5, 5.41) is 0. The van der Waals surface area contributed by atoms with Crippen LogP contribution in [0.3, 0.4) is 0 Å². The molecular formula is C19H24O2. The normalized spacial score (nSPS) is 48.5. The van der Waals surface area contributed by atoms with Crippen LogP contribution in [0.15, 0.2) is 23.8 Å². The molecule has 0 radical (unpaired) electrons. The van der Waals surface area contributed by atoms with Gasteiger partial charge in [-0.25, -0.2) is 0 Å². The Morgan fingerprint density at radius 1 is 1.05 bits per heavy atom. The number of hydrogen-bond acceptors (Lipinski definition) is 2. The molecule has 0 unspecified atom stereocenters. The van der Waals surface area contributed by atoms with E-state index in [-0.39, 0.29) is 16.6 Å². The molecule has 4 aliphatic rings. The van der Waals surface area contributed by atoms with Crippen molar-refractivity contribution in [3.63, 3.8) is 0 Å². The molecule has 0 amide bonds. The zero-order valence-electron chi connectivity index (χ0n) is 13.0. The second kappa shape index (κ2) is 4.18. The summed E-state index contributed by atoms with van der Waals surface area (Å²) in [6, 6.07) is 0. The number of Topliss-reactive ketones (excluding diaryl/α,β-unsaturated/α-hetero) is 1. The second-order valence-corrected chi connectivity index (χ2v) is 8.02. The van der Waals surface area contributed by atoms with E-state index in [9.17, 15) is 9.59 Å². The Morgan fingerprint density at radius 2 is 1.86 bits per heavy atom. The van der Waals surface area contributed by atoms with Crippen LogP contribution in [0.25, 0.3) is 0 Å². The monoisotopic (exact) mass is 284 g/mol. The quantitative estimate of drug-likeness (QED) is 0.677. The molecule has 21 heavy (non-hydrogen) atoms. The Balaban J connectivity index is 1.72. The van der Waals surface area contributed by atoms with E-state index in [0.29, 0.717) is 23.5 Å². The van der Waals surface area contributed by atoms with Crippen LogP contribution < -0.4 is 0 Å². The molecule has 5 atom stereocenters. The molecule has 2 heteroatoms. The first-order valence-electron chi connectivity index (χ1n) is 8.43. The van der Waals surface area contributed by atoms with Crippen LogP contribution in [0, 0.1) is 28.6 Å². The minimum Gasteiger partial charge on any atom is -0.299 e. The van der Waals surface area contributed by atoms with Gasteiger partial charge >= 0.3 is 0 Å². The Kier molecular flexibility index (Phi) is 2.68.